The average Bonchev–Trinajstić information content (AvgIpc) is 2.17. The summed E-state index contributed by atoms with van der Waals surface area (Å²) >= 11 is 0. The van der Waals surface area contributed by atoms with Gasteiger partial charge in [-0.05, 0) is 26.7 Å². The number of piperidine rings is 1. The minimum Gasteiger partial charge on any atom is -0.242 e. The summed E-state index contributed by atoms with van der Waals surface area (Å²) in [6.45, 7) is 5.76. The van der Waals surface area contributed by atoms with Gasteiger partial charge in [-0.1, -0.05) is 0 Å². The summed E-state index contributed by atoms with van der Waals surface area (Å²) in [7, 11) is -0.810. The van der Waals surface area contributed by atoms with Gasteiger partial charge in [0, 0.05) is 24.3 Å². The molecule has 0 saturated carbocycles. The largest absolute Gasteiger partial charge is 0.242 e. The lowest BCUT2D eigenvalue weighted by Crippen LogP contribution is -2.37. The van der Waals surface area contributed by atoms with Gasteiger partial charge in [0.15, 0.2) is 0 Å². The van der Waals surface area contributed by atoms with Crippen LogP contribution in [0.2, 0.25) is 0 Å². The highest BCUT2D eigenvalue weighted by Gasteiger charge is 2.22. The first-order valence-corrected chi connectivity index (χ1v) is 5.94. The maximum absolute atomic E-state index is 11.7. The van der Waals surface area contributed by atoms with Crippen molar-refractivity contribution in [1.29, 1.82) is 0 Å². The van der Waals surface area contributed by atoms with Crippen LogP contribution >= 0.6 is 0 Å². The fraction of sp³-hybridized carbons (Fsp3) is 0.800. The lowest BCUT2D eigenvalue weighted by atomic mass is 10.00. The molecule has 0 radical (unpaired) electrons. The predicted molar refractivity (Wildman–Crippen MR) is 56.4 cm³/mol. The molecule has 3 heteroatoms. The molecule has 1 heterocycles. The molecular weight excluding hydrogens is 182 g/mol. The van der Waals surface area contributed by atoms with Gasteiger partial charge in [-0.15, -0.1) is 12.3 Å². The lowest BCUT2D eigenvalue weighted by Gasteiger charge is -2.29. The number of hydrogen-bond acceptors (Lipinski definition) is 1. The maximum atomic E-state index is 11.7. The van der Waals surface area contributed by atoms with Gasteiger partial charge in [-0.25, -0.2) is 8.51 Å². The van der Waals surface area contributed by atoms with E-state index in [1.54, 1.807) is 0 Å². The Morgan fingerprint density at radius 1 is 1.46 bits per heavy atom. The van der Waals surface area contributed by atoms with E-state index in [0.717, 1.165) is 25.9 Å². The molecule has 0 aliphatic carbocycles. The summed E-state index contributed by atoms with van der Waals surface area (Å²) in [5.74, 6) is 3.17. The summed E-state index contributed by atoms with van der Waals surface area (Å²) in [6, 6.07) is 0. The Labute approximate surface area is 83.3 Å². The van der Waals surface area contributed by atoms with E-state index in [2.05, 4.69) is 5.92 Å². The fourth-order valence-corrected chi connectivity index (χ4v) is 2.67. The molecule has 1 atom stereocenters. The molecule has 1 aliphatic heterocycles. The molecule has 0 N–H and O–H groups in total. The molecular formula is C10H17NOS. The standard InChI is InChI=1S/C10H17NOS/c1-4-10-5-7-11(8-6-10)13(12)9(2)3/h1,9-10H,5-8H2,2-3H3. The first kappa shape index (κ1) is 10.7. The third-order valence-corrected chi connectivity index (χ3v) is 4.03. The monoisotopic (exact) mass is 199 g/mol. The molecule has 0 aromatic carbocycles. The van der Waals surface area contributed by atoms with Gasteiger partial charge in [0.25, 0.3) is 0 Å². The van der Waals surface area contributed by atoms with Gasteiger partial charge >= 0.3 is 0 Å². The number of hydrogen-bond donors (Lipinski definition) is 0. The Bertz CT molecular complexity index is 224. The van der Waals surface area contributed by atoms with Crippen molar-refractivity contribution < 1.29 is 4.21 Å². The Kier molecular flexibility index (Phi) is 3.95. The third-order valence-electron chi connectivity index (χ3n) is 2.35. The molecule has 2 nitrogen and oxygen atoms in total. The Morgan fingerprint density at radius 3 is 2.38 bits per heavy atom. The lowest BCUT2D eigenvalue weighted by molar-refractivity contribution is 0.324. The molecule has 0 bridgehead atoms. The van der Waals surface area contributed by atoms with Crippen LogP contribution in [-0.4, -0.2) is 26.9 Å². The zero-order valence-corrected chi connectivity index (χ0v) is 9.14. The molecule has 1 saturated heterocycles. The number of rotatable bonds is 2. The Hall–Kier alpha value is -0.330. The van der Waals surface area contributed by atoms with Gasteiger partial charge in [-0.2, -0.15) is 0 Å². The molecule has 0 spiro atoms. The first-order chi connectivity index (χ1) is 6.15. The predicted octanol–water partition coefficient (Wildman–Crippen LogP) is 1.40. The van der Waals surface area contributed by atoms with E-state index in [1.807, 2.05) is 18.2 Å². The van der Waals surface area contributed by atoms with Crippen molar-refractivity contribution in [3.63, 3.8) is 0 Å². The van der Waals surface area contributed by atoms with E-state index < -0.39 is 11.0 Å². The van der Waals surface area contributed by atoms with Crippen LogP contribution < -0.4 is 0 Å². The molecule has 0 amide bonds. The second kappa shape index (κ2) is 4.78. The second-order valence-corrected chi connectivity index (χ2v) is 5.71. The van der Waals surface area contributed by atoms with Gasteiger partial charge in [0.1, 0.15) is 0 Å². The van der Waals surface area contributed by atoms with E-state index in [0.29, 0.717) is 5.92 Å². The summed E-state index contributed by atoms with van der Waals surface area (Å²) < 4.78 is 13.7. The van der Waals surface area contributed by atoms with E-state index in [1.165, 1.54) is 0 Å². The summed E-state index contributed by atoms with van der Waals surface area (Å²) in [4.78, 5) is 0. The van der Waals surface area contributed by atoms with E-state index in [9.17, 15) is 4.21 Å². The molecule has 1 unspecified atom stereocenters. The summed E-state index contributed by atoms with van der Waals surface area (Å²) in [6.07, 6.45) is 7.33. The van der Waals surface area contributed by atoms with Crippen LogP contribution in [0.15, 0.2) is 0 Å². The zero-order chi connectivity index (χ0) is 9.84. The molecule has 1 aliphatic rings. The molecule has 1 rings (SSSR count). The fourth-order valence-electron chi connectivity index (χ4n) is 1.50. The van der Waals surface area contributed by atoms with Gasteiger partial charge in [-0.3, -0.25) is 0 Å². The minimum absolute atomic E-state index is 0.224. The van der Waals surface area contributed by atoms with Crippen molar-refractivity contribution in [1.82, 2.24) is 4.31 Å². The van der Waals surface area contributed by atoms with E-state index in [4.69, 9.17) is 6.42 Å². The van der Waals surface area contributed by atoms with E-state index in [-0.39, 0.29) is 5.25 Å². The molecule has 13 heavy (non-hydrogen) atoms. The van der Waals surface area contributed by atoms with Crippen molar-refractivity contribution in [2.45, 2.75) is 31.9 Å². The summed E-state index contributed by atoms with van der Waals surface area (Å²) in [5.41, 5.74) is 0. The number of terminal acetylenes is 1. The quantitative estimate of drug-likeness (QED) is 0.616. The van der Waals surface area contributed by atoms with Crippen LogP contribution in [-0.2, 0) is 11.0 Å². The van der Waals surface area contributed by atoms with Crippen molar-refractivity contribution in [3.8, 4) is 12.3 Å². The van der Waals surface area contributed by atoms with Crippen LogP contribution in [0.1, 0.15) is 26.7 Å². The maximum Gasteiger partial charge on any atom is 0.0968 e. The van der Waals surface area contributed by atoms with Crippen molar-refractivity contribution in [2.75, 3.05) is 13.1 Å². The molecule has 74 valence electrons. The average molecular weight is 199 g/mol. The Morgan fingerprint density at radius 2 is 2.00 bits per heavy atom. The van der Waals surface area contributed by atoms with Crippen molar-refractivity contribution in [2.24, 2.45) is 5.92 Å². The first-order valence-electron chi connectivity index (χ1n) is 4.77. The topological polar surface area (TPSA) is 20.3 Å². The van der Waals surface area contributed by atoms with Crippen LogP contribution in [0.5, 0.6) is 0 Å². The highest BCUT2D eigenvalue weighted by Crippen LogP contribution is 2.18. The van der Waals surface area contributed by atoms with Crippen LogP contribution in [0.4, 0.5) is 0 Å². The molecule has 0 aromatic heterocycles. The van der Waals surface area contributed by atoms with E-state index >= 15 is 0 Å². The number of nitrogens with zero attached hydrogens (tertiary/aromatic N) is 1. The van der Waals surface area contributed by atoms with Gasteiger partial charge in [0.2, 0.25) is 0 Å². The van der Waals surface area contributed by atoms with Gasteiger partial charge < -0.3 is 0 Å². The molecule has 0 aromatic rings. The zero-order valence-electron chi connectivity index (χ0n) is 8.32. The van der Waals surface area contributed by atoms with Gasteiger partial charge in [0.05, 0.1) is 11.0 Å². The van der Waals surface area contributed by atoms with Crippen LogP contribution in [0.25, 0.3) is 0 Å². The normalized spacial score (nSPS) is 22.9. The van der Waals surface area contributed by atoms with Crippen molar-refractivity contribution >= 4 is 11.0 Å². The van der Waals surface area contributed by atoms with Crippen molar-refractivity contribution in [3.05, 3.63) is 0 Å². The minimum atomic E-state index is -0.810. The third kappa shape index (κ3) is 2.82. The summed E-state index contributed by atoms with van der Waals surface area (Å²) in [5, 5.41) is 0.224. The second-order valence-electron chi connectivity index (χ2n) is 3.69. The Balaban J connectivity index is 2.42. The highest BCUT2D eigenvalue weighted by molar-refractivity contribution is 7.83. The smallest absolute Gasteiger partial charge is 0.0968 e. The molecule has 1 fully saturated rings. The SMILES string of the molecule is C#CC1CCN(S(=O)C(C)C)CC1. The highest BCUT2D eigenvalue weighted by atomic mass is 32.2. The van der Waals surface area contributed by atoms with Crippen LogP contribution in [0, 0.1) is 18.3 Å². The van der Waals surface area contributed by atoms with Crippen LogP contribution in [0.3, 0.4) is 0 Å².